The van der Waals surface area contributed by atoms with Gasteiger partial charge in [-0.05, 0) is 18.2 Å². The Morgan fingerprint density at radius 3 is 2.40 bits per heavy atom. The van der Waals surface area contributed by atoms with Crippen LogP contribution in [0.2, 0.25) is 0 Å². The van der Waals surface area contributed by atoms with Gasteiger partial charge in [-0.3, -0.25) is 4.68 Å². The number of halogens is 2. The predicted octanol–water partition coefficient (Wildman–Crippen LogP) is 1.79. The van der Waals surface area contributed by atoms with Crippen LogP contribution in [0.4, 0.5) is 14.6 Å². The van der Waals surface area contributed by atoms with E-state index in [0.29, 0.717) is 5.82 Å². The molecule has 0 spiro atoms. The van der Waals surface area contributed by atoms with Crippen LogP contribution in [0.25, 0.3) is 0 Å². The molecule has 3 nitrogen and oxygen atoms in total. The normalized spacial score (nSPS) is 10.5. The largest absolute Gasteiger partial charge is 0.382 e. The van der Waals surface area contributed by atoms with E-state index in [1.54, 1.807) is 12.3 Å². The first-order valence-corrected chi connectivity index (χ1v) is 4.38. The van der Waals surface area contributed by atoms with Gasteiger partial charge in [0.25, 0.3) is 0 Å². The highest BCUT2D eigenvalue weighted by atomic mass is 19.1. The lowest BCUT2D eigenvalue weighted by Gasteiger charge is -2.04. The molecule has 0 radical (unpaired) electrons. The Kier molecular flexibility index (Phi) is 2.37. The summed E-state index contributed by atoms with van der Waals surface area (Å²) in [7, 11) is 0. The van der Waals surface area contributed by atoms with Gasteiger partial charge in [0, 0.05) is 11.8 Å². The maximum Gasteiger partial charge on any atom is 0.145 e. The van der Waals surface area contributed by atoms with Crippen LogP contribution >= 0.6 is 0 Å². The Hall–Kier alpha value is -1.91. The molecule has 2 N–H and O–H groups in total. The Morgan fingerprint density at radius 1 is 1.20 bits per heavy atom. The zero-order valence-electron chi connectivity index (χ0n) is 7.82. The van der Waals surface area contributed by atoms with Crippen LogP contribution in [-0.2, 0) is 6.54 Å². The standard InChI is InChI=1S/C10H9F2N3/c11-8-2-1-3-9(12)7(8)6-15-5-4-10(13)14-15/h1-5H,6H2,(H2,13,14). The Balaban J connectivity index is 2.31. The van der Waals surface area contributed by atoms with Gasteiger partial charge < -0.3 is 5.73 Å². The minimum atomic E-state index is -0.580. The zero-order valence-corrected chi connectivity index (χ0v) is 7.82. The average Bonchev–Trinajstić information content (AvgIpc) is 2.58. The molecule has 0 saturated heterocycles. The van der Waals surface area contributed by atoms with E-state index in [4.69, 9.17) is 5.73 Å². The first-order chi connectivity index (χ1) is 7.16. The van der Waals surface area contributed by atoms with Gasteiger partial charge in [-0.15, -0.1) is 0 Å². The molecule has 0 saturated carbocycles. The van der Waals surface area contributed by atoms with Gasteiger partial charge in [0.1, 0.15) is 17.5 Å². The molecular weight excluding hydrogens is 200 g/mol. The second-order valence-electron chi connectivity index (χ2n) is 3.14. The number of rotatable bonds is 2. The van der Waals surface area contributed by atoms with Gasteiger partial charge in [-0.2, -0.15) is 5.10 Å². The third-order valence-electron chi connectivity index (χ3n) is 2.04. The van der Waals surface area contributed by atoms with Crippen molar-refractivity contribution in [1.82, 2.24) is 9.78 Å². The van der Waals surface area contributed by atoms with Crippen LogP contribution in [0.15, 0.2) is 30.5 Å². The summed E-state index contributed by atoms with van der Waals surface area (Å²) in [6, 6.07) is 5.32. The topological polar surface area (TPSA) is 43.8 Å². The summed E-state index contributed by atoms with van der Waals surface area (Å²) < 4.78 is 27.8. The molecule has 5 heteroatoms. The monoisotopic (exact) mass is 209 g/mol. The van der Waals surface area contributed by atoms with Gasteiger partial charge in [-0.1, -0.05) is 6.07 Å². The average molecular weight is 209 g/mol. The fourth-order valence-electron chi connectivity index (χ4n) is 1.31. The van der Waals surface area contributed by atoms with Crippen molar-refractivity contribution in [1.29, 1.82) is 0 Å². The molecule has 0 amide bonds. The third kappa shape index (κ3) is 1.96. The smallest absolute Gasteiger partial charge is 0.145 e. The SMILES string of the molecule is Nc1ccn(Cc2c(F)cccc2F)n1. The van der Waals surface area contributed by atoms with E-state index >= 15 is 0 Å². The van der Waals surface area contributed by atoms with E-state index in [1.807, 2.05) is 0 Å². The summed E-state index contributed by atoms with van der Waals surface area (Å²) in [6.07, 6.45) is 1.57. The summed E-state index contributed by atoms with van der Waals surface area (Å²) in [4.78, 5) is 0. The molecule has 1 heterocycles. The molecular formula is C10H9F2N3. The van der Waals surface area contributed by atoms with E-state index in [9.17, 15) is 8.78 Å². The van der Waals surface area contributed by atoms with Gasteiger partial charge in [0.15, 0.2) is 0 Å². The van der Waals surface area contributed by atoms with Gasteiger partial charge in [-0.25, -0.2) is 8.78 Å². The van der Waals surface area contributed by atoms with Crippen molar-refractivity contribution in [3.8, 4) is 0 Å². The van der Waals surface area contributed by atoms with Gasteiger partial charge >= 0.3 is 0 Å². The van der Waals surface area contributed by atoms with Crippen molar-refractivity contribution in [2.75, 3.05) is 5.73 Å². The Morgan fingerprint density at radius 2 is 1.87 bits per heavy atom. The molecule has 15 heavy (non-hydrogen) atoms. The van der Waals surface area contributed by atoms with Crippen LogP contribution in [0.1, 0.15) is 5.56 Å². The van der Waals surface area contributed by atoms with Crippen molar-refractivity contribution in [3.63, 3.8) is 0 Å². The number of hydrogen-bond donors (Lipinski definition) is 1. The summed E-state index contributed by atoms with van der Waals surface area (Å²) >= 11 is 0. The molecule has 0 aliphatic carbocycles. The number of nitrogens with two attached hydrogens (primary N) is 1. The van der Waals surface area contributed by atoms with Crippen LogP contribution in [-0.4, -0.2) is 9.78 Å². The lowest BCUT2D eigenvalue weighted by atomic mass is 10.2. The number of aromatic nitrogens is 2. The first kappa shape index (κ1) is 9.64. The van der Waals surface area contributed by atoms with E-state index in [-0.39, 0.29) is 12.1 Å². The van der Waals surface area contributed by atoms with Crippen molar-refractivity contribution >= 4 is 5.82 Å². The number of hydrogen-bond acceptors (Lipinski definition) is 2. The molecule has 1 aromatic carbocycles. The summed E-state index contributed by atoms with van der Waals surface area (Å²) in [6.45, 7) is 0.0374. The number of nitrogens with zero attached hydrogens (tertiary/aromatic N) is 2. The van der Waals surface area contributed by atoms with Crippen LogP contribution in [0.3, 0.4) is 0 Å². The van der Waals surface area contributed by atoms with Crippen molar-refractivity contribution in [2.24, 2.45) is 0 Å². The minimum absolute atomic E-state index is 0.0133. The maximum absolute atomic E-state index is 13.2. The number of anilines is 1. The molecule has 2 aromatic rings. The van der Waals surface area contributed by atoms with E-state index < -0.39 is 11.6 Å². The molecule has 0 atom stereocenters. The highest BCUT2D eigenvalue weighted by Gasteiger charge is 2.09. The van der Waals surface area contributed by atoms with Gasteiger partial charge in [0.2, 0.25) is 0 Å². The molecule has 2 rings (SSSR count). The predicted molar refractivity (Wildman–Crippen MR) is 52.1 cm³/mol. The fourth-order valence-corrected chi connectivity index (χ4v) is 1.31. The van der Waals surface area contributed by atoms with Gasteiger partial charge in [0.05, 0.1) is 6.54 Å². The Bertz CT molecular complexity index is 459. The highest BCUT2D eigenvalue weighted by molar-refractivity contribution is 5.25. The molecule has 0 fully saturated rings. The van der Waals surface area contributed by atoms with Crippen molar-refractivity contribution in [2.45, 2.75) is 6.54 Å². The van der Waals surface area contributed by atoms with E-state index in [0.717, 1.165) is 0 Å². The summed E-state index contributed by atoms with van der Waals surface area (Å²) in [5, 5.41) is 3.85. The quantitative estimate of drug-likeness (QED) is 0.819. The zero-order chi connectivity index (χ0) is 10.8. The van der Waals surface area contributed by atoms with Crippen LogP contribution in [0, 0.1) is 11.6 Å². The summed E-state index contributed by atoms with van der Waals surface area (Å²) in [5.74, 6) is -0.833. The molecule has 1 aromatic heterocycles. The Labute approximate surface area is 85.1 Å². The van der Waals surface area contributed by atoms with Crippen molar-refractivity contribution in [3.05, 3.63) is 47.7 Å². The molecule has 0 aliphatic rings. The molecule has 0 bridgehead atoms. The third-order valence-corrected chi connectivity index (χ3v) is 2.04. The molecule has 0 aliphatic heterocycles. The minimum Gasteiger partial charge on any atom is -0.382 e. The lowest BCUT2D eigenvalue weighted by molar-refractivity contribution is 0.533. The van der Waals surface area contributed by atoms with Crippen LogP contribution < -0.4 is 5.73 Å². The lowest BCUT2D eigenvalue weighted by Crippen LogP contribution is -2.05. The second kappa shape index (κ2) is 3.68. The van der Waals surface area contributed by atoms with E-state index in [2.05, 4.69) is 5.10 Å². The fraction of sp³-hybridized carbons (Fsp3) is 0.100. The first-order valence-electron chi connectivity index (χ1n) is 4.38. The molecule has 78 valence electrons. The van der Waals surface area contributed by atoms with Crippen LogP contribution in [0.5, 0.6) is 0 Å². The second-order valence-corrected chi connectivity index (χ2v) is 3.14. The maximum atomic E-state index is 13.2. The van der Waals surface area contributed by atoms with Crippen molar-refractivity contribution < 1.29 is 8.78 Å². The summed E-state index contributed by atoms with van der Waals surface area (Å²) in [5.41, 5.74) is 5.38. The highest BCUT2D eigenvalue weighted by Crippen LogP contribution is 2.13. The number of benzene rings is 1. The molecule has 0 unspecified atom stereocenters. The van der Waals surface area contributed by atoms with E-state index in [1.165, 1.54) is 22.9 Å². The number of nitrogen functional groups attached to an aromatic ring is 1.